The highest BCUT2D eigenvalue weighted by molar-refractivity contribution is 5.85. The molecule has 0 bridgehead atoms. The van der Waals surface area contributed by atoms with Crippen molar-refractivity contribution < 1.29 is 19.1 Å². The molecule has 130 valence electrons. The molecule has 0 heterocycles. The van der Waals surface area contributed by atoms with Crippen molar-refractivity contribution in [2.75, 3.05) is 0 Å². The minimum Gasteiger partial charge on any atom is -0.423 e. The highest BCUT2D eigenvalue weighted by Crippen LogP contribution is 2.41. The van der Waals surface area contributed by atoms with Crippen LogP contribution in [0.1, 0.15) is 52.7 Å². The molecule has 0 aliphatic rings. The topological polar surface area (TPSA) is 52.6 Å². The Morgan fingerprint density at radius 2 is 1.12 bits per heavy atom. The number of hydrogen-bond acceptors (Lipinski definition) is 4. The third-order valence-corrected chi connectivity index (χ3v) is 3.45. The van der Waals surface area contributed by atoms with Crippen LogP contribution in [0, 0.1) is 0 Å². The van der Waals surface area contributed by atoms with Crippen LogP contribution in [-0.4, -0.2) is 11.9 Å². The third-order valence-electron chi connectivity index (χ3n) is 3.45. The molecule has 4 nitrogen and oxygen atoms in total. The molecular formula is C20H26O4. The summed E-state index contributed by atoms with van der Waals surface area (Å²) in [4.78, 5) is 23.3. The smallest absolute Gasteiger partial charge is 0.335 e. The zero-order valence-electron chi connectivity index (χ0n) is 15.4. The zero-order valence-corrected chi connectivity index (χ0v) is 15.4. The number of hydrogen-bond donors (Lipinski definition) is 0. The molecule has 0 radical (unpaired) electrons. The van der Waals surface area contributed by atoms with Crippen molar-refractivity contribution in [1.29, 1.82) is 0 Å². The molecule has 0 unspecified atom stereocenters. The van der Waals surface area contributed by atoms with Gasteiger partial charge in [-0.1, -0.05) is 54.7 Å². The molecule has 0 spiro atoms. The van der Waals surface area contributed by atoms with Crippen molar-refractivity contribution in [2.24, 2.45) is 0 Å². The van der Waals surface area contributed by atoms with Crippen LogP contribution in [0.5, 0.6) is 11.5 Å². The van der Waals surface area contributed by atoms with Crippen LogP contribution in [0.2, 0.25) is 0 Å². The summed E-state index contributed by atoms with van der Waals surface area (Å²) in [6, 6.07) is 3.52. The normalized spacial score (nSPS) is 11.6. The van der Waals surface area contributed by atoms with Crippen molar-refractivity contribution in [1.82, 2.24) is 0 Å². The first-order chi connectivity index (χ1) is 10.9. The minimum absolute atomic E-state index is 0.266. The van der Waals surface area contributed by atoms with E-state index in [-0.39, 0.29) is 10.8 Å². The second-order valence-corrected chi connectivity index (χ2v) is 7.59. The van der Waals surface area contributed by atoms with Gasteiger partial charge in [-0.15, -0.1) is 0 Å². The molecular weight excluding hydrogens is 304 g/mol. The van der Waals surface area contributed by atoms with Gasteiger partial charge in [0.05, 0.1) is 0 Å². The SMILES string of the molecule is C=CC(=O)Oc1cc(OC(=O)C=C)c(C(C)(C)C)cc1C(C)(C)C. The van der Waals surface area contributed by atoms with Crippen molar-refractivity contribution in [3.63, 3.8) is 0 Å². The number of esters is 2. The van der Waals surface area contributed by atoms with Gasteiger partial charge in [0, 0.05) is 29.3 Å². The predicted octanol–water partition coefficient (Wildman–Crippen LogP) is 4.46. The van der Waals surface area contributed by atoms with Gasteiger partial charge < -0.3 is 9.47 Å². The summed E-state index contributed by atoms with van der Waals surface area (Å²) in [6.07, 6.45) is 2.19. The second-order valence-electron chi connectivity index (χ2n) is 7.59. The first-order valence-corrected chi connectivity index (χ1v) is 7.77. The molecule has 0 saturated heterocycles. The maximum absolute atomic E-state index is 11.7. The van der Waals surface area contributed by atoms with Gasteiger partial charge in [-0.2, -0.15) is 0 Å². The highest BCUT2D eigenvalue weighted by atomic mass is 16.5. The fraction of sp³-hybridized carbons (Fsp3) is 0.400. The Morgan fingerprint density at radius 1 is 0.792 bits per heavy atom. The molecule has 0 aliphatic heterocycles. The van der Waals surface area contributed by atoms with Gasteiger partial charge >= 0.3 is 11.9 Å². The van der Waals surface area contributed by atoms with E-state index in [1.807, 2.05) is 47.6 Å². The van der Waals surface area contributed by atoms with Crippen molar-refractivity contribution in [3.8, 4) is 11.5 Å². The third kappa shape index (κ3) is 4.82. The summed E-state index contributed by atoms with van der Waals surface area (Å²) in [7, 11) is 0. The lowest BCUT2D eigenvalue weighted by Gasteiger charge is -2.28. The summed E-state index contributed by atoms with van der Waals surface area (Å²) in [5.74, 6) is -0.422. The summed E-state index contributed by atoms with van der Waals surface area (Å²) in [5, 5.41) is 0. The molecule has 0 N–H and O–H groups in total. The lowest BCUT2D eigenvalue weighted by Crippen LogP contribution is -2.20. The van der Waals surface area contributed by atoms with E-state index >= 15 is 0 Å². The van der Waals surface area contributed by atoms with Crippen LogP contribution in [0.4, 0.5) is 0 Å². The molecule has 0 aliphatic carbocycles. The van der Waals surface area contributed by atoms with Gasteiger partial charge in [-0.25, -0.2) is 9.59 Å². The maximum Gasteiger partial charge on any atom is 0.335 e. The van der Waals surface area contributed by atoms with Crippen LogP contribution in [0.3, 0.4) is 0 Å². The van der Waals surface area contributed by atoms with Gasteiger partial charge in [0.1, 0.15) is 11.5 Å². The monoisotopic (exact) mass is 330 g/mol. The number of carbonyl (C=O) groups excluding carboxylic acids is 2. The van der Waals surface area contributed by atoms with E-state index in [0.717, 1.165) is 23.3 Å². The standard InChI is InChI=1S/C20H26O4/c1-9-17(21)23-15-12-16(24-18(22)10-2)14(20(6,7)8)11-13(15)19(3,4)5/h9-12H,1-2H2,3-8H3. The summed E-state index contributed by atoms with van der Waals surface area (Å²) in [5.41, 5.74) is 1.16. The fourth-order valence-electron chi connectivity index (χ4n) is 2.20. The van der Waals surface area contributed by atoms with E-state index in [0.29, 0.717) is 11.5 Å². The Kier molecular flexibility index (Phi) is 5.77. The number of rotatable bonds is 4. The van der Waals surface area contributed by atoms with E-state index in [9.17, 15) is 9.59 Å². The fourth-order valence-corrected chi connectivity index (χ4v) is 2.20. The van der Waals surface area contributed by atoms with Crippen LogP contribution in [0.15, 0.2) is 37.4 Å². The van der Waals surface area contributed by atoms with Crippen LogP contribution in [-0.2, 0) is 20.4 Å². The van der Waals surface area contributed by atoms with Gasteiger partial charge in [0.15, 0.2) is 0 Å². The highest BCUT2D eigenvalue weighted by Gasteiger charge is 2.28. The molecule has 0 aromatic heterocycles. The van der Waals surface area contributed by atoms with Gasteiger partial charge in [0.25, 0.3) is 0 Å². The quantitative estimate of drug-likeness (QED) is 0.464. The molecule has 24 heavy (non-hydrogen) atoms. The van der Waals surface area contributed by atoms with Crippen molar-refractivity contribution in [2.45, 2.75) is 52.4 Å². The number of ether oxygens (including phenoxy) is 2. The zero-order chi connectivity index (χ0) is 18.7. The Balaban J connectivity index is 3.65. The van der Waals surface area contributed by atoms with E-state index in [1.165, 1.54) is 0 Å². The van der Waals surface area contributed by atoms with Gasteiger partial charge in [-0.3, -0.25) is 0 Å². The van der Waals surface area contributed by atoms with Gasteiger partial charge in [0.2, 0.25) is 0 Å². The molecule has 1 rings (SSSR count). The lowest BCUT2D eigenvalue weighted by atomic mass is 9.79. The minimum atomic E-state index is -0.565. The molecule has 0 atom stereocenters. The summed E-state index contributed by atoms with van der Waals surface area (Å²) >= 11 is 0. The van der Waals surface area contributed by atoms with Crippen molar-refractivity contribution in [3.05, 3.63) is 48.6 Å². The molecule has 0 fully saturated rings. The Bertz CT molecular complexity index is 615. The number of carbonyl (C=O) groups is 2. The summed E-state index contributed by atoms with van der Waals surface area (Å²) < 4.78 is 10.7. The average molecular weight is 330 g/mol. The molecule has 4 heteroatoms. The van der Waals surface area contributed by atoms with E-state index in [2.05, 4.69) is 13.2 Å². The first kappa shape index (κ1) is 19.7. The average Bonchev–Trinajstić information content (AvgIpc) is 2.44. The first-order valence-electron chi connectivity index (χ1n) is 7.77. The van der Waals surface area contributed by atoms with Gasteiger partial charge in [-0.05, 0) is 16.9 Å². The Labute approximate surface area is 144 Å². The van der Waals surface area contributed by atoms with E-state index in [1.54, 1.807) is 6.07 Å². The molecule has 1 aromatic carbocycles. The second kappa shape index (κ2) is 7.04. The maximum atomic E-state index is 11.7. The summed E-state index contributed by atoms with van der Waals surface area (Å²) in [6.45, 7) is 19.0. The molecule has 0 amide bonds. The Morgan fingerprint density at radius 3 is 1.38 bits per heavy atom. The largest absolute Gasteiger partial charge is 0.423 e. The van der Waals surface area contributed by atoms with Crippen LogP contribution >= 0.6 is 0 Å². The predicted molar refractivity (Wildman–Crippen MR) is 95.5 cm³/mol. The van der Waals surface area contributed by atoms with Crippen LogP contribution < -0.4 is 9.47 Å². The van der Waals surface area contributed by atoms with E-state index < -0.39 is 11.9 Å². The van der Waals surface area contributed by atoms with E-state index in [4.69, 9.17) is 9.47 Å². The van der Waals surface area contributed by atoms with Crippen LogP contribution in [0.25, 0.3) is 0 Å². The lowest BCUT2D eigenvalue weighted by molar-refractivity contribution is -0.129. The Hall–Kier alpha value is -2.36. The van der Waals surface area contributed by atoms with Crippen molar-refractivity contribution >= 4 is 11.9 Å². The molecule has 0 saturated carbocycles. The molecule has 1 aromatic rings. The number of benzene rings is 1.